The highest BCUT2D eigenvalue weighted by atomic mass is 32.2. The molecule has 34 heavy (non-hydrogen) atoms. The predicted molar refractivity (Wildman–Crippen MR) is 138 cm³/mol. The number of benzene rings is 1. The molecule has 2 aliphatic rings. The molecule has 1 aromatic heterocycles. The molecule has 0 aliphatic carbocycles. The Bertz CT molecular complexity index is 1060. The average molecular weight is 499 g/mol. The van der Waals surface area contributed by atoms with Crippen LogP contribution in [0.15, 0.2) is 46.8 Å². The van der Waals surface area contributed by atoms with E-state index in [1.807, 2.05) is 17.5 Å². The highest BCUT2D eigenvalue weighted by Crippen LogP contribution is 2.29. The van der Waals surface area contributed by atoms with Gasteiger partial charge in [0.2, 0.25) is 5.91 Å². The Kier molecular flexibility index (Phi) is 8.05. The molecular weight excluding hydrogens is 468 g/mol. The fourth-order valence-electron chi connectivity index (χ4n) is 4.11. The van der Waals surface area contributed by atoms with Crippen LogP contribution in [-0.4, -0.2) is 46.1 Å². The quantitative estimate of drug-likeness (QED) is 0.578. The number of rotatable bonds is 7. The lowest BCUT2D eigenvalue weighted by molar-refractivity contribution is -0.121. The van der Waals surface area contributed by atoms with E-state index in [4.69, 9.17) is 0 Å². The summed E-state index contributed by atoms with van der Waals surface area (Å²) in [6, 6.07) is 10.8. The third kappa shape index (κ3) is 6.07. The summed E-state index contributed by atoms with van der Waals surface area (Å²) < 4.78 is 0. The zero-order valence-electron chi connectivity index (χ0n) is 19.5. The van der Waals surface area contributed by atoms with Crippen LogP contribution in [0.25, 0.3) is 0 Å². The molecule has 3 heterocycles. The molecule has 2 unspecified atom stereocenters. The number of nitrogens with one attached hydrogen (secondary N) is 2. The van der Waals surface area contributed by atoms with Crippen LogP contribution in [0, 0.1) is 5.92 Å². The molecule has 0 spiro atoms. The van der Waals surface area contributed by atoms with Crippen molar-refractivity contribution in [3.8, 4) is 0 Å². The monoisotopic (exact) mass is 498 g/mol. The van der Waals surface area contributed by atoms with E-state index in [1.165, 1.54) is 18.2 Å². The summed E-state index contributed by atoms with van der Waals surface area (Å²) in [6.45, 7) is 5.97. The van der Waals surface area contributed by atoms with Crippen molar-refractivity contribution in [2.24, 2.45) is 10.9 Å². The zero-order chi connectivity index (χ0) is 24.1. The lowest BCUT2D eigenvalue weighted by Crippen LogP contribution is -2.33. The number of amidine groups is 1. The largest absolute Gasteiger partial charge is 0.351 e. The first-order valence-electron chi connectivity index (χ1n) is 11.7. The minimum atomic E-state index is -0.499. The number of piperidine rings is 1. The Morgan fingerprint density at radius 3 is 2.65 bits per heavy atom. The third-order valence-corrected chi connectivity index (χ3v) is 8.11. The number of carbonyl (C=O) groups excluding carboxylic acids is 3. The highest BCUT2D eigenvalue weighted by molar-refractivity contribution is 8.15. The van der Waals surface area contributed by atoms with Gasteiger partial charge in [0, 0.05) is 35.6 Å². The van der Waals surface area contributed by atoms with Crippen LogP contribution in [0.3, 0.4) is 0 Å². The van der Waals surface area contributed by atoms with E-state index in [2.05, 4.69) is 34.4 Å². The molecule has 9 heteroatoms. The fourth-order valence-corrected chi connectivity index (χ4v) is 6.17. The van der Waals surface area contributed by atoms with Gasteiger partial charge < -0.3 is 15.5 Å². The Labute approximate surface area is 208 Å². The lowest BCUT2D eigenvalue weighted by Gasteiger charge is -2.27. The summed E-state index contributed by atoms with van der Waals surface area (Å²) in [5, 5.41) is 8.19. The fraction of sp³-hybridized carbons (Fsp3) is 0.440. The summed E-state index contributed by atoms with van der Waals surface area (Å²) in [4.78, 5) is 45.4. The smallest absolute Gasteiger partial charge is 0.262 e. The molecule has 2 atom stereocenters. The average Bonchev–Trinajstić information content (AvgIpc) is 3.48. The van der Waals surface area contributed by atoms with Crippen molar-refractivity contribution in [2.45, 2.75) is 50.8 Å². The molecule has 1 saturated heterocycles. The number of thioether (sulfide) groups is 1. The maximum atomic E-state index is 12.9. The maximum Gasteiger partial charge on any atom is 0.262 e. The third-order valence-electron chi connectivity index (χ3n) is 5.94. The Morgan fingerprint density at radius 1 is 1.15 bits per heavy atom. The number of carbonyl (C=O) groups is 3. The van der Waals surface area contributed by atoms with Crippen molar-refractivity contribution in [1.29, 1.82) is 0 Å². The van der Waals surface area contributed by atoms with Gasteiger partial charge in [-0.1, -0.05) is 37.7 Å². The van der Waals surface area contributed by atoms with Crippen molar-refractivity contribution in [3.63, 3.8) is 0 Å². The molecule has 180 valence electrons. The van der Waals surface area contributed by atoms with Crippen molar-refractivity contribution in [3.05, 3.63) is 52.2 Å². The van der Waals surface area contributed by atoms with Crippen LogP contribution >= 0.6 is 23.1 Å². The first-order chi connectivity index (χ1) is 16.4. The first kappa shape index (κ1) is 24.5. The highest BCUT2D eigenvalue weighted by Gasteiger charge is 2.33. The SMILES string of the molecule is CC(C)C(NC(=O)c1cccc(NC(=O)CC2SC(N3CCCCC3)=NC2=O)c1)c1cccs1. The summed E-state index contributed by atoms with van der Waals surface area (Å²) >= 11 is 3.00. The number of aliphatic imine (C=N–C) groups is 1. The lowest BCUT2D eigenvalue weighted by atomic mass is 10.0. The minimum Gasteiger partial charge on any atom is -0.351 e. The van der Waals surface area contributed by atoms with Gasteiger partial charge in [-0.3, -0.25) is 14.4 Å². The summed E-state index contributed by atoms with van der Waals surface area (Å²) in [5.74, 6) is -0.465. The molecule has 0 radical (unpaired) electrons. The molecule has 0 bridgehead atoms. The van der Waals surface area contributed by atoms with E-state index in [0.717, 1.165) is 36.0 Å². The molecule has 7 nitrogen and oxygen atoms in total. The van der Waals surface area contributed by atoms with Gasteiger partial charge in [0.05, 0.1) is 6.04 Å². The number of hydrogen-bond donors (Lipinski definition) is 2. The van der Waals surface area contributed by atoms with Gasteiger partial charge in [0.1, 0.15) is 5.25 Å². The number of hydrogen-bond acceptors (Lipinski definition) is 6. The zero-order valence-corrected chi connectivity index (χ0v) is 21.1. The molecule has 3 amide bonds. The van der Waals surface area contributed by atoms with Crippen molar-refractivity contribution in [2.75, 3.05) is 18.4 Å². The van der Waals surface area contributed by atoms with Crippen molar-refractivity contribution in [1.82, 2.24) is 10.2 Å². The van der Waals surface area contributed by atoms with Crippen LogP contribution in [0.5, 0.6) is 0 Å². The normalized spacial score (nSPS) is 19.1. The predicted octanol–water partition coefficient (Wildman–Crippen LogP) is 4.69. The van der Waals surface area contributed by atoms with E-state index in [0.29, 0.717) is 11.3 Å². The summed E-state index contributed by atoms with van der Waals surface area (Å²) in [5.41, 5.74) is 1.00. The summed E-state index contributed by atoms with van der Waals surface area (Å²) in [6.07, 6.45) is 3.47. The molecular formula is C25H30N4O3S2. The Hall–Kier alpha value is -2.65. The number of thiophene rings is 1. The number of amides is 3. The second-order valence-electron chi connectivity index (χ2n) is 8.93. The minimum absolute atomic E-state index is 0.0502. The van der Waals surface area contributed by atoms with Gasteiger partial charge in [-0.2, -0.15) is 4.99 Å². The number of nitrogens with zero attached hydrogens (tertiary/aromatic N) is 2. The van der Waals surface area contributed by atoms with Gasteiger partial charge >= 0.3 is 0 Å². The molecule has 2 N–H and O–H groups in total. The van der Waals surface area contributed by atoms with Crippen molar-refractivity contribution >= 4 is 51.7 Å². The van der Waals surface area contributed by atoms with E-state index < -0.39 is 5.25 Å². The van der Waals surface area contributed by atoms with E-state index in [1.54, 1.807) is 35.6 Å². The van der Waals surface area contributed by atoms with Gasteiger partial charge in [0.15, 0.2) is 5.17 Å². The van der Waals surface area contributed by atoms with Gasteiger partial charge in [0.25, 0.3) is 11.8 Å². The van der Waals surface area contributed by atoms with Gasteiger partial charge in [-0.25, -0.2) is 0 Å². The van der Waals surface area contributed by atoms with E-state index in [-0.39, 0.29) is 36.1 Å². The van der Waals surface area contributed by atoms with Crippen LogP contribution in [0.2, 0.25) is 0 Å². The van der Waals surface area contributed by atoms with Gasteiger partial charge in [-0.05, 0) is 54.8 Å². The van der Waals surface area contributed by atoms with E-state index in [9.17, 15) is 14.4 Å². The van der Waals surface area contributed by atoms with Crippen LogP contribution in [0.4, 0.5) is 5.69 Å². The Morgan fingerprint density at radius 2 is 1.94 bits per heavy atom. The van der Waals surface area contributed by atoms with Crippen LogP contribution in [-0.2, 0) is 9.59 Å². The van der Waals surface area contributed by atoms with Crippen molar-refractivity contribution < 1.29 is 14.4 Å². The second kappa shape index (κ2) is 11.2. The molecule has 2 aliphatic heterocycles. The molecule has 2 aromatic rings. The Balaban J connectivity index is 1.33. The first-order valence-corrected chi connectivity index (χ1v) is 13.4. The number of likely N-dealkylation sites (tertiary alicyclic amines) is 1. The number of anilines is 1. The second-order valence-corrected chi connectivity index (χ2v) is 11.1. The van der Waals surface area contributed by atoms with Crippen LogP contribution < -0.4 is 10.6 Å². The standard InChI is InChI=1S/C25H30N4O3S2/c1-16(2)22(19-10-7-13-33-19)27-23(31)17-8-6-9-18(14-17)26-21(30)15-20-24(32)28-25(34-20)29-11-4-3-5-12-29/h6-10,13-14,16,20,22H,3-5,11-12,15H2,1-2H3,(H,26,30)(H,27,31). The van der Waals surface area contributed by atoms with Gasteiger partial charge in [-0.15, -0.1) is 11.3 Å². The molecule has 0 saturated carbocycles. The molecule has 1 fully saturated rings. The summed E-state index contributed by atoms with van der Waals surface area (Å²) in [7, 11) is 0. The topological polar surface area (TPSA) is 90.9 Å². The van der Waals surface area contributed by atoms with Crippen LogP contribution in [0.1, 0.15) is 60.8 Å². The molecule has 4 rings (SSSR count). The maximum absolute atomic E-state index is 12.9. The van der Waals surface area contributed by atoms with E-state index >= 15 is 0 Å². The molecule has 1 aromatic carbocycles.